The topological polar surface area (TPSA) is 54.7 Å². The third kappa shape index (κ3) is 2.92. The van der Waals surface area contributed by atoms with Crippen molar-refractivity contribution in [2.75, 3.05) is 6.54 Å². The number of aromatic nitrogens is 2. The maximum Gasteiger partial charge on any atom is 0.132 e. The Balaban J connectivity index is 2.27. The van der Waals surface area contributed by atoms with Crippen molar-refractivity contribution in [3.63, 3.8) is 0 Å². The standard InChI is InChI=1S/C12H13BrFN3/c13-8-3-4-10(14)9(6-8)11-7-16-12(17-11)2-1-5-15/h3-4,6-7H,1-2,5,15H2,(H,16,17). The van der Waals surface area contributed by atoms with Crippen LogP contribution in [0.3, 0.4) is 0 Å². The van der Waals surface area contributed by atoms with Gasteiger partial charge in [0.05, 0.1) is 11.9 Å². The molecule has 0 spiro atoms. The molecule has 3 nitrogen and oxygen atoms in total. The zero-order valence-electron chi connectivity index (χ0n) is 9.21. The quantitative estimate of drug-likeness (QED) is 0.912. The molecule has 0 amide bonds. The lowest BCUT2D eigenvalue weighted by molar-refractivity contribution is 0.630. The van der Waals surface area contributed by atoms with Crippen molar-refractivity contribution in [2.45, 2.75) is 12.8 Å². The number of nitrogens with one attached hydrogen (secondary N) is 1. The summed E-state index contributed by atoms with van der Waals surface area (Å²) >= 11 is 3.32. The van der Waals surface area contributed by atoms with Gasteiger partial charge >= 0.3 is 0 Å². The summed E-state index contributed by atoms with van der Waals surface area (Å²) in [5, 5.41) is 0. The molecule has 17 heavy (non-hydrogen) atoms. The molecule has 0 saturated heterocycles. The van der Waals surface area contributed by atoms with Gasteiger partial charge in [-0.25, -0.2) is 9.37 Å². The van der Waals surface area contributed by atoms with Crippen LogP contribution in [0.5, 0.6) is 0 Å². The Bertz CT molecular complexity index is 510. The third-order valence-electron chi connectivity index (χ3n) is 2.46. The van der Waals surface area contributed by atoms with Gasteiger partial charge in [0.1, 0.15) is 11.6 Å². The predicted octanol–water partition coefficient (Wildman–Crippen LogP) is 2.87. The fraction of sp³-hybridized carbons (Fsp3) is 0.250. The summed E-state index contributed by atoms with van der Waals surface area (Å²) < 4.78 is 14.5. The first-order chi connectivity index (χ1) is 8.20. The molecule has 0 atom stereocenters. The summed E-state index contributed by atoms with van der Waals surface area (Å²) in [7, 11) is 0. The molecule has 2 rings (SSSR count). The number of aromatic amines is 1. The molecule has 0 saturated carbocycles. The molecule has 0 bridgehead atoms. The maximum atomic E-state index is 13.6. The fourth-order valence-corrected chi connectivity index (χ4v) is 1.96. The molecule has 0 aliphatic heterocycles. The van der Waals surface area contributed by atoms with Crippen LogP contribution < -0.4 is 5.73 Å². The highest BCUT2D eigenvalue weighted by Crippen LogP contribution is 2.24. The second-order valence-corrected chi connectivity index (χ2v) is 4.68. The fourth-order valence-electron chi connectivity index (χ4n) is 1.60. The Morgan fingerprint density at radius 1 is 1.41 bits per heavy atom. The number of halogens is 2. The Hall–Kier alpha value is -1.20. The minimum Gasteiger partial charge on any atom is -0.342 e. The highest BCUT2D eigenvalue weighted by Gasteiger charge is 2.08. The number of imidazole rings is 1. The van der Waals surface area contributed by atoms with Gasteiger partial charge in [0.25, 0.3) is 0 Å². The van der Waals surface area contributed by atoms with Crippen molar-refractivity contribution >= 4 is 15.9 Å². The number of nitrogens with zero attached hydrogens (tertiary/aromatic N) is 1. The lowest BCUT2D eigenvalue weighted by atomic mass is 10.1. The molecule has 0 aliphatic carbocycles. The van der Waals surface area contributed by atoms with Gasteiger partial charge in [0.15, 0.2) is 0 Å². The molecule has 0 fully saturated rings. The van der Waals surface area contributed by atoms with Gasteiger partial charge in [-0.05, 0) is 31.2 Å². The maximum absolute atomic E-state index is 13.6. The minimum atomic E-state index is -0.262. The van der Waals surface area contributed by atoms with Crippen LogP contribution in [0.25, 0.3) is 11.3 Å². The predicted molar refractivity (Wildman–Crippen MR) is 69.1 cm³/mol. The van der Waals surface area contributed by atoms with E-state index in [4.69, 9.17) is 5.73 Å². The molecule has 2 aromatic rings. The monoisotopic (exact) mass is 297 g/mol. The minimum absolute atomic E-state index is 0.262. The van der Waals surface area contributed by atoms with E-state index < -0.39 is 0 Å². The van der Waals surface area contributed by atoms with Crippen molar-refractivity contribution in [3.05, 3.63) is 40.5 Å². The molecular formula is C12H13BrFN3. The van der Waals surface area contributed by atoms with Crippen LogP contribution in [0, 0.1) is 5.82 Å². The van der Waals surface area contributed by atoms with Gasteiger partial charge in [0, 0.05) is 16.5 Å². The van der Waals surface area contributed by atoms with E-state index in [2.05, 4.69) is 25.9 Å². The molecule has 0 radical (unpaired) electrons. The van der Waals surface area contributed by atoms with Crippen LogP contribution in [0.15, 0.2) is 28.9 Å². The second kappa shape index (κ2) is 5.42. The molecule has 1 heterocycles. The van der Waals surface area contributed by atoms with E-state index in [1.807, 2.05) is 0 Å². The van der Waals surface area contributed by atoms with Gasteiger partial charge in [-0.15, -0.1) is 0 Å². The van der Waals surface area contributed by atoms with Crippen LogP contribution in [0.4, 0.5) is 4.39 Å². The van der Waals surface area contributed by atoms with E-state index >= 15 is 0 Å². The first-order valence-electron chi connectivity index (χ1n) is 5.40. The average Bonchev–Trinajstić information content (AvgIpc) is 2.78. The SMILES string of the molecule is NCCCc1ncc(-c2cc(Br)ccc2F)[nH]1. The molecule has 90 valence electrons. The van der Waals surface area contributed by atoms with Crippen molar-refractivity contribution in [3.8, 4) is 11.3 Å². The summed E-state index contributed by atoms with van der Waals surface area (Å²) in [5.41, 5.74) is 6.64. The summed E-state index contributed by atoms with van der Waals surface area (Å²) in [6, 6.07) is 4.83. The number of benzene rings is 1. The van der Waals surface area contributed by atoms with Gasteiger partial charge < -0.3 is 10.7 Å². The van der Waals surface area contributed by atoms with E-state index in [-0.39, 0.29) is 5.82 Å². The van der Waals surface area contributed by atoms with E-state index in [9.17, 15) is 4.39 Å². The second-order valence-electron chi connectivity index (χ2n) is 3.76. The van der Waals surface area contributed by atoms with E-state index in [1.54, 1.807) is 18.3 Å². The highest BCUT2D eigenvalue weighted by atomic mass is 79.9. The summed E-state index contributed by atoms with van der Waals surface area (Å²) in [5.74, 6) is 0.576. The van der Waals surface area contributed by atoms with Crippen LogP contribution in [-0.2, 0) is 6.42 Å². The van der Waals surface area contributed by atoms with Crippen LogP contribution >= 0.6 is 15.9 Å². The Kier molecular flexibility index (Phi) is 3.91. The Morgan fingerprint density at radius 3 is 3.00 bits per heavy atom. The molecule has 0 unspecified atom stereocenters. The van der Waals surface area contributed by atoms with Gasteiger partial charge in [0.2, 0.25) is 0 Å². The zero-order valence-corrected chi connectivity index (χ0v) is 10.8. The Labute approximate surface area is 107 Å². The average molecular weight is 298 g/mol. The molecule has 0 aliphatic rings. The number of H-pyrrole nitrogens is 1. The number of rotatable bonds is 4. The highest BCUT2D eigenvalue weighted by molar-refractivity contribution is 9.10. The molecular weight excluding hydrogens is 285 g/mol. The van der Waals surface area contributed by atoms with Gasteiger partial charge in [-0.2, -0.15) is 0 Å². The van der Waals surface area contributed by atoms with Gasteiger partial charge in [-0.3, -0.25) is 0 Å². The van der Waals surface area contributed by atoms with E-state index in [0.29, 0.717) is 17.8 Å². The van der Waals surface area contributed by atoms with Crippen molar-refractivity contribution in [1.82, 2.24) is 9.97 Å². The lowest BCUT2D eigenvalue weighted by Gasteiger charge is -2.00. The van der Waals surface area contributed by atoms with Crippen molar-refractivity contribution in [2.24, 2.45) is 5.73 Å². The van der Waals surface area contributed by atoms with Crippen molar-refractivity contribution < 1.29 is 4.39 Å². The molecule has 1 aromatic carbocycles. The summed E-state index contributed by atoms with van der Waals surface area (Å²) in [6.45, 7) is 0.626. The largest absolute Gasteiger partial charge is 0.342 e. The number of aryl methyl sites for hydroxylation is 1. The summed E-state index contributed by atoms with van der Waals surface area (Å²) in [4.78, 5) is 7.31. The van der Waals surface area contributed by atoms with E-state index in [0.717, 1.165) is 23.1 Å². The lowest BCUT2D eigenvalue weighted by Crippen LogP contribution is -2.01. The van der Waals surface area contributed by atoms with Crippen LogP contribution in [-0.4, -0.2) is 16.5 Å². The molecule has 1 aromatic heterocycles. The zero-order chi connectivity index (χ0) is 12.3. The number of hydrogen-bond donors (Lipinski definition) is 2. The van der Waals surface area contributed by atoms with Crippen molar-refractivity contribution in [1.29, 1.82) is 0 Å². The van der Waals surface area contributed by atoms with Crippen LogP contribution in [0.2, 0.25) is 0 Å². The first-order valence-corrected chi connectivity index (χ1v) is 6.19. The smallest absolute Gasteiger partial charge is 0.132 e. The van der Waals surface area contributed by atoms with Gasteiger partial charge in [-0.1, -0.05) is 15.9 Å². The number of hydrogen-bond acceptors (Lipinski definition) is 2. The number of nitrogens with two attached hydrogens (primary N) is 1. The Morgan fingerprint density at radius 2 is 2.24 bits per heavy atom. The third-order valence-corrected chi connectivity index (χ3v) is 2.96. The summed E-state index contributed by atoms with van der Waals surface area (Å²) in [6.07, 6.45) is 3.30. The van der Waals surface area contributed by atoms with Crippen LogP contribution in [0.1, 0.15) is 12.2 Å². The molecule has 5 heteroatoms. The molecule has 3 N–H and O–H groups in total. The van der Waals surface area contributed by atoms with E-state index in [1.165, 1.54) is 6.07 Å². The first kappa shape index (κ1) is 12.3. The normalized spacial score (nSPS) is 10.8.